The summed E-state index contributed by atoms with van der Waals surface area (Å²) in [6, 6.07) is 22.5. The molecule has 0 aromatic heterocycles. The van der Waals surface area contributed by atoms with Gasteiger partial charge in [-0.1, -0.05) is 146 Å². The first kappa shape index (κ1) is 24.7. The summed E-state index contributed by atoms with van der Waals surface area (Å²) in [5, 5.41) is 0. The van der Waals surface area contributed by atoms with E-state index in [4.69, 9.17) is 0 Å². The van der Waals surface area contributed by atoms with Crippen LogP contribution in [0.2, 0.25) is 0 Å². The van der Waals surface area contributed by atoms with E-state index < -0.39 is 0 Å². The summed E-state index contributed by atoms with van der Waals surface area (Å²) in [5.41, 5.74) is 3.38. The number of hydrogen-bond acceptors (Lipinski definition) is 0. The predicted molar refractivity (Wildman–Crippen MR) is 134 cm³/mol. The molecule has 166 valence electrons. The third-order valence-corrected chi connectivity index (χ3v) is 7.03. The van der Waals surface area contributed by atoms with Crippen LogP contribution in [0.25, 0.3) is 0 Å². The minimum atomic E-state index is 0.371. The summed E-state index contributed by atoms with van der Waals surface area (Å²) in [6.45, 7) is 7.23. The zero-order valence-electron chi connectivity index (χ0n) is 20.0. The van der Waals surface area contributed by atoms with E-state index in [-0.39, 0.29) is 0 Å². The van der Waals surface area contributed by atoms with Crippen LogP contribution in [0.4, 0.5) is 0 Å². The molecule has 0 fully saturated rings. The highest BCUT2D eigenvalue weighted by molar-refractivity contribution is 5.26. The first-order valence-electron chi connectivity index (χ1n) is 12.8. The highest BCUT2D eigenvalue weighted by Crippen LogP contribution is 2.46. The third-order valence-electron chi connectivity index (χ3n) is 7.03. The zero-order chi connectivity index (χ0) is 21.5. The fourth-order valence-electron chi connectivity index (χ4n) is 5.04. The molecule has 0 nitrogen and oxygen atoms in total. The lowest BCUT2D eigenvalue weighted by Gasteiger charge is -2.39. The van der Waals surface area contributed by atoms with Crippen molar-refractivity contribution in [2.45, 2.75) is 110 Å². The van der Waals surface area contributed by atoms with Crippen LogP contribution in [0.15, 0.2) is 60.7 Å². The van der Waals surface area contributed by atoms with Crippen molar-refractivity contribution in [2.75, 3.05) is 0 Å². The summed E-state index contributed by atoms with van der Waals surface area (Å²) in [4.78, 5) is 0. The fourth-order valence-corrected chi connectivity index (χ4v) is 5.04. The Bertz CT molecular complexity index is 644. The van der Waals surface area contributed by atoms with Crippen LogP contribution in [-0.2, 0) is 6.42 Å². The van der Waals surface area contributed by atoms with Gasteiger partial charge in [-0.05, 0) is 41.7 Å². The van der Waals surface area contributed by atoms with Gasteiger partial charge in [0.15, 0.2) is 0 Å². The Morgan fingerprint density at radius 2 is 1.07 bits per heavy atom. The minimum absolute atomic E-state index is 0.371. The summed E-state index contributed by atoms with van der Waals surface area (Å²) in [7, 11) is 0. The molecule has 2 atom stereocenters. The van der Waals surface area contributed by atoms with Gasteiger partial charge in [0.1, 0.15) is 0 Å². The van der Waals surface area contributed by atoms with Gasteiger partial charge in [-0.3, -0.25) is 0 Å². The van der Waals surface area contributed by atoms with Crippen molar-refractivity contribution in [3.8, 4) is 0 Å². The van der Waals surface area contributed by atoms with Gasteiger partial charge in [0.05, 0.1) is 0 Å². The molecule has 2 aromatic rings. The third kappa shape index (κ3) is 8.66. The molecular weight excluding hydrogens is 360 g/mol. The second-order valence-electron chi connectivity index (χ2n) is 9.64. The summed E-state index contributed by atoms with van der Waals surface area (Å²) < 4.78 is 0. The maximum atomic E-state index is 2.60. The highest BCUT2D eigenvalue weighted by Gasteiger charge is 2.34. The Kier molecular flexibility index (Phi) is 11.9. The van der Waals surface area contributed by atoms with E-state index in [0.717, 1.165) is 6.42 Å². The first-order chi connectivity index (χ1) is 14.7. The van der Waals surface area contributed by atoms with Crippen molar-refractivity contribution in [3.05, 3.63) is 71.8 Å². The normalized spacial score (nSPS) is 14.4. The lowest BCUT2D eigenvalue weighted by molar-refractivity contribution is 0.194. The van der Waals surface area contributed by atoms with Crippen molar-refractivity contribution >= 4 is 0 Å². The number of rotatable bonds is 16. The van der Waals surface area contributed by atoms with E-state index in [9.17, 15) is 0 Å². The first-order valence-corrected chi connectivity index (χ1v) is 12.8. The molecule has 2 aromatic carbocycles. The van der Waals surface area contributed by atoms with Gasteiger partial charge < -0.3 is 0 Å². The zero-order valence-corrected chi connectivity index (χ0v) is 20.0. The lowest BCUT2D eigenvalue weighted by Crippen LogP contribution is -2.28. The molecule has 0 radical (unpaired) electrons. The maximum absolute atomic E-state index is 2.60. The molecule has 0 heteroatoms. The van der Waals surface area contributed by atoms with Crippen molar-refractivity contribution in [3.63, 3.8) is 0 Å². The van der Waals surface area contributed by atoms with Crippen molar-refractivity contribution < 1.29 is 0 Å². The maximum Gasteiger partial charge on any atom is -0.00675 e. The van der Waals surface area contributed by atoms with Crippen molar-refractivity contribution in [2.24, 2.45) is 5.41 Å². The number of benzene rings is 2. The minimum Gasteiger partial charge on any atom is -0.0654 e. The van der Waals surface area contributed by atoms with Gasteiger partial charge in [0.25, 0.3) is 0 Å². The monoisotopic (exact) mass is 406 g/mol. The lowest BCUT2D eigenvalue weighted by atomic mass is 9.65. The predicted octanol–water partition coefficient (Wildman–Crippen LogP) is 9.74. The van der Waals surface area contributed by atoms with Gasteiger partial charge in [-0.25, -0.2) is 0 Å². The smallest absolute Gasteiger partial charge is 0.00675 e. The molecule has 0 bridgehead atoms. The van der Waals surface area contributed by atoms with Crippen LogP contribution in [0.1, 0.15) is 115 Å². The van der Waals surface area contributed by atoms with E-state index in [0.29, 0.717) is 11.3 Å². The second-order valence-corrected chi connectivity index (χ2v) is 9.64. The molecule has 0 saturated carbocycles. The molecule has 0 saturated heterocycles. The van der Waals surface area contributed by atoms with Gasteiger partial charge in [0, 0.05) is 0 Å². The van der Waals surface area contributed by atoms with E-state index in [1.54, 1.807) is 0 Å². The summed E-state index contributed by atoms with van der Waals surface area (Å²) >= 11 is 0. The standard InChI is InChI=1S/C30H46/c1-4-6-8-10-11-19-25-30(3,24-18-9-7-5-2)29(28-22-16-13-17-23-28)26-27-20-14-12-15-21-27/h12-17,20-23,29H,4-11,18-19,24-26H2,1-3H3. The van der Waals surface area contributed by atoms with Gasteiger partial charge in [-0.15, -0.1) is 0 Å². The average molecular weight is 407 g/mol. The molecule has 0 amide bonds. The van der Waals surface area contributed by atoms with Crippen LogP contribution < -0.4 is 0 Å². The Hall–Kier alpha value is -1.56. The molecular formula is C30H46. The Labute approximate surface area is 187 Å². The second kappa shape index (κ2) is 14.4. The molecule has 0 aliphatic carbocycles. The Morgan fingerprint density at radius 3 is 1.63 bits per heavy atom. The number of unbranched alkanes of at least 4 members (excludes halogenated alkanes) is 8. The Balaban J connectivity index is 2.16. The van der Waals surface area contributed by atoms with Gasteiger partial charge in [-0.2, -0.15) is 0 Å². The molecule has 30 heavy (non-hydrogen) atoms. The Morgan fingerprint density at radius 1 is 0.600 bits per heavy atom. The van der Waals surface area contributed by atoms with Crippen LogP contribution in [0.5, 0.6) is 0 Å². The molecule has 0 aliphatic rings. The van der Waals surface area contributed by atoms with Gasteiger partial charge >= 0.3 is 0 Å². The molecule has 2 rings (SSSR count). The SMILES string of the molecule is CCCCCCCCC(C)(CCCCCC)C(Cc1ccccc1)c1ccccc1. The van der Waals surface area contributed by atoms with Gasteiger partial charge in [0.2, 0.25) is 0 Å². The van der Waals surface area contributed by atoms with E-state index in [1.807, 2.05) is 0 Å². The van der Waals surface area contributed by atoms with Crippen LogP contribution in [0, 0.1) is 5.41 Å². The summed E-state index contributed by atoms with van der Waals surface area (Å²) in [6.07, 6.45) is 17.7. The highest BCUT2D eigenvalue weighted by atomic mass is 14.4. The molecule has 0 spiro atoms. The van der Waals surface area contributed by atoms with E-state index in [2.05, 4.69) is 81.4 Å². The van der Waals surface area contributed by atoms with E-state index in [1.165, 1.54) is 88.2 Å². The van der Waals surface area contributed by atoms with Crippen molar-refractivity contribution in [1.29, 1.82) is 0 Å². The molecule has 2 unspecified atom stereocenters. The molecule has 0 heterocycles. The van der Waals surface area contributed by atoms with Crippen LogP contribution in [-0.4, -0.2) is 0 Å². The molecule has 0 N–H and O–H groups in total. The van der Waals surface area contributed by atoms with Crippen molar-refractivity contribution in [1.82, 2.24) is 0 Å². The van der Waals surface area contributed by atoms with E-state index >= 15 is 0 Å². The quantitative estimate of drug-likeness (QED) is 0.243. The van der Waals surface area contributed by atoms with Crippen LogP contribution in [0.3, 0.4) is 0 Å². The topological polar surface area (TPSA) is 0 Å². The van der Waals surface area contributed by atoms with Crippen LogP contribution >= 0.6 is 0 Å². The summed E-state index contributed by atoms with van der Waals surface area (Å²) in [5.74, 6) is 0.596. The largest absolute Gasteiger partial charge is 0.0654 e. The average Bonchev–Trinajstić information content (AvgIpc) is 2.79. The number of hydrogen-bond donors (Lipinski definition) is 0. The fraction of sp³-hybridized carbons (Fsp3) is 0.600. The molecule has 0 aliphatic heterocycles.